The lowest BCUT2D eigenvalue weighted by Gasteiger charge is -2.35. The van der Waals surface area contributed by atoms with Crippen LogP contribution in [0.1, 0.15) is 30.0 Å². The fourth-order valence-electron chi connectivity index (χ4n) is 3.55. The van der Waals surface area contributed by atoms with Crippen molar-refractivity contribution in [3.63, 3.8) is 0 Å². The van der Waals surface area contributed by atoms with E-state index >= 15 is 0 Å². The van der Waals surface area contributed by atoms with E-state index in [2.05, 4.69) is 17.2 Å². The number of hydrogen-bond donors (Lipinski definition) is 1. The zero-order chi connectivity index (χ0) is 18.5. The number of alkyl halides is 1. The molecule has 0 amide bonds. The SMILES string of the molecule is CC1(c2cc(Cl)c(F)c(Cl)c2)CN=C(c2ccc(C3(F)CNC3)cc2)C1.Cl. The van der Waals surface area contributed by atoms with Crippen LogP contribution in [0, 0.1) is 5.82 Å². The molecule has 0 radical (unpaired) electrons. The van der Waals surface area contributed by atoms with Gasteiger partial charge in [0.05, 0.1) is 10.0 Å². The first-order valence-electron chi connectivity index (χ1n) is 8.50. The van der Waals surface area contributed by atoms with Crippen molar-refractivity contribution in [3.8, 4) is 0 Å². The lowest BCUT2D eigenvalue weighted by molar-refractivity contribution is 0.0891. The Morgan fingerprint density at radius 2 is 1.63 bits per heavy atom. The molecule has 144 valence electrons. The van der Waals surface area contributed by atoms with Crippen molar-refractivity contribution in [2.45, 2.75) is 24.4 Å². The molecule has 1 fully saturated rings. The minimum absolute atomic E-state index is 0. The predicted octanol–water partition coefficient (Wildman–Crippen LogP) is 5.47. The number of nitrogens with one attached hydrogen (secondary N) is 1. The summed E-state index contributed by atoms with van der Waals surface area (Å²) >= 11 is 11.9. The van der Waals surface area contributed by atoms with Crippen molar-refractivity contribution in [2.24, 2.45) is 4.99 Å². The molecular formula is C20H19Cl3F2N2. The van der Waals surface area contributed by atoms with Crippen LogP contribution in [0.3, 0.4) is 0 Å². The number of hydrogen-bond acceptors (Lipinski definition) is 2. The fourth-order valence-corrected chi connectivity index (χ4v) is 4.04. The summed E-state index contributed by atoms with van der Waals surface area (Å²) < 4.78 is 28.2. The number of rotatable bonds is 3. The number of aliphatic imine (C=N–C) groups is 1. The van der Waals surface area contributed by atoms with Crippen molar-refractivity contribution in [1.29, 1.82) is 0 Å². The fraction of sp³-hybridized carbons (Fsp3) is 0.350. The van der Waals surface area contributed by atoms with Crippen molar-refractivity contribution < 1.29 is 8.78 Å². The highest BCUT2D eigenvalue weighted by Crippen LogP contribution is 2.38. The maximum absolute atomic E-state index is 14.5. The van der Waals surface area contributed by atoms with Gasteiger partial charge in [-0.1, -0.05) is 54.4 Å². The van der Waals surface area contributed by atoms with E-state index in [-0.39, 0.29) is 27.9 Å². The van der Waals surface area contributed by atoms with Crippen molar-refractivity contribution in [3.05, 3.63) is 69.0 Å². The minimum Gasteiger partial charge on any atom is -0.310 e. The number of nitrogens with zero attached hydrogens (tertiary/aromatic N) is 1. The van der Waals surface area contributed by atoms with Gasteiger partial charge in [-0.2, -0.15) is 0 Å². The van der Waals surface area contributed by atoms with E-state index in [1.165, 1.54) is 0 Å². The number of halogens is 5. The van der Waals surface area contributed by atoms with Gasteiger partial charge in [0.25, 0.3) is 0 Å². The van der Waals surface area contributed by atoms with Gasteiger partial charge in [0.15, 0.2) is 11.5 Å². The first-order valence-corrected chi connectivity index (χ1v) is 9.25. The van der Waals surface area contributed by atoms with E-state index in [4.69, 9.17) is 23.2 Å². The van der Waals surface area contributed by atoms with E-state index in [0.717, 1.165) is 16.8 Å². The standard InChI is InChI=1S/C20H18Cl2F2N2.ClH/c1-19(14-6-15(21)18(23)16(22)7-14)8-17(26-9-19)12-2-4-13(5-3-12)20(24)10-25-11-20;/h2-7,25H,8-11H2,1H3;1H. The Labute approximate surface area is 173 Å². The third-order valence-corrected chi connectivity index (χ3v) is 5.95. The molecule has 2 aromatic carbocycles. The van der Waals surface area contributed by atoms with Crippen molar-refractivity contribution >= 4 is 41.3 Å². The first-order chi connectivity index (χ1) is 12.3. The largest absolute Gasteiger partial charge is 0.310 e. The molecule has 0 saturated carbocycles. The molecule has 2 heterocycles. The lowest BCUT2D eigenvalue weighted by Crippen LogP contribution is -2.53. The quantitative estimate of drug-likeness (QED) is 0.640. The average molecular weight is 432 g/mol. The van der Waals surface area contributed by atoms with Gasteiger partial charge in [-0.05, 0) is 28.8 Å². The highest BCUT2D eigenvalue weighted by atomic mass is 35.5. The average Bonchev–Trinajstić information content (AvgIpc) is 3.01. The monoisotopic (exact) mass is 430 g/mol. The molecule has 2 aliphatic heterocycles. The number of benzene rings is 2. The Morgan fingerprint density at radius 1 is 1.04 bits per heavy atom. The second kappa shape index (κ2) is 7.32. The van der Waals surface area contributed by atoms with E-state index < -0.39 is 11.5 Å². The third-order valence-electron chi connectivity index (χ3n) is 5.40. The third kappa shape index (κ3) is 3.61. The Hall–Kier alpha value is -1.20. The van der Waals surface area contributed by atoms with Crippen LogP contribution in [-0.2, 0) is 11.1 Å². The van der Waals surface area contributed by atoms with Gasteiger partial charge >= 0.3 is 0 Å². The molecule has 27 heavy (non-hydrogen) atoms. The van der Waals surface area contributed by atoms with E-state index in [9.17, 15) is 8.78 Å². The molecule has 1 unspecified atom stereocenters. The van der Waals surface area contributed by atoms with Gasteiger partial charge in [-0.25, -0.2) is 8.78 Å². The van der Waals surface area contributed by atoms with Gasteiger partial charge < -0.3 is 5.32 Å². The molecule has 0 spiro atoms. The predicted molar refractivity (Wildman–Crippen MR) is 109 cm³/mol. The summed E-state index contributed by atoms with van der Waals surface area (Å²) in [6, 6.07) is 10.8. The Bertz CT molecular complexity index is 872. The van der Waals surface area contributed by atoms with Crippen LogP contribution in [0.25, 0.3) is 0 Å². The molecule has 0 bridgehead atoms. The topological polar surface area (TPSA) is 24.4 Å². The molecule has 0 aromatic heterocycles. The van der Waals surface area contributed by atoms with Crippen LogP contribution in [0.4, 0.5) is 8.78 Å². The van der Waals surface area contributed by atoms with Gasteiger partial charge in [0.1, 0.15) is 0 Å². The summed E-state index contributed by atoms with van der Waals surface area (Å²) in [5.41, 5.74) is 1.94. The molecule has 2 aliphatic rings. The lowest BCUT2D eigenvalue weighted by atomic mass is 9.79. The van der Waals surface area contributed by atoms with Gasteiger partial charge in [0.2, 0.25) is 0 Å². The summed E-state index contributed by atoms with van der Waals surface area (Å²) in [6.07, 6.45) is 0.687. The minimum atomic E-state index is -1.26. The van der Waals surface area contributed by atoms with Gasteiger partial charge in [-0.3, -0.25) is 4.99 Å². The van der Waals surface area contributed by atoms with E-state index in [0.29, 0.717) is 31.6 Å². The summed E-state index contributed by atoms with van der Waals surface area (Å²) in [6.45, 7) is 3.35. The molecule has 7 heteroatoms. The molecule has 1 saturated heterocycles. The van der Waals surface area contributed by atoms with Gasteiger partial charge in [-0.15, -0.1) is 12.4 Å². The summed E-state index contributed by atoms with van der Waals surface area (Å²) in [5.74, 6) is -0.596. The molecular weight excluding hydrogens is 413 g/mol. The summed E-state index contributed by atoms with van der Waals surface area (Å²) in [4.78, 5) is 4.67. The first kappa shape index (κ1) is 20.5. The van der Waals surface area contributed by atoms with Crippen molar-refractivity contribution in [2.75, 3.05) is 19.6 Å². The molecule has 2 nitrogen and oxygen atoms in total. The van der Waals surface area contributed by atoms with Crippen LogP contribution in [-0.4, -0.2) is 25.3 Å². The maximum Gasteiger partial charge on any atom is 0.160 e. The second-order valence-corrected chi connectivity index (χ2v) is 8.21. The molecule has 2 aromatic rings. The van der Waals surface area contributed by atoms with Crippen LogP contribution in [0.5, 0.6) is 0 Å². The molecule has 1 N–H and O–H groups in total. The Morgan fingerprint density at radius 3 is 2.15 bits per heavy atom. The van der Waals surface area contributed by atoms with Crippen LogP contribution in [0.15, 0.2) is 41.4 Å². The van der Waals surface area contributed by atoms with Crippen LogP contribution >= 0.6 is 35.6 Å². The Balaban J connectivity index is 0.00000210. The highest BCUT2D eigenvalue weighted by molar-refractivity contribution is 6.35. The zero-order valence-electron chi connectivity index (χ0n) is 14.7. The van der Waals surface area contributed by atoms with Gasteiger partial charge in [0, 0.05) is 37.2 Å². The summed E-state index contributed by atoms with van der Waals surface area (Å²) in [7, 11) is 0. The maximum atomic E-state index is 14.5. The van der Waals surface area contributed by atoms with Crippen molar-refractivity contribution in [1.82, 2.24) is 5.32 Å². The van der Waals surface area contributed by atoms with E-state index in [1.54, 1.807) is 12.1 Å². The van der Waals surface area contributed by atoms with E-state index in [1.807, 2.05) is 24.3 Å². The zero-order valence-corrected chi connectivity index (χ0v) is 17.0. The Kier molecular flexibility index (Phi) is 5.57. The highest BCUT2D eigenvalue weighted by Gasteiger charge is 2.39. The normalized spacial score (nSPS) is 23.4. The molecule has 0 aliphatic carbocycles. The van der Waals surface area contributed by atoms with Crippen LogP contribution < -0.4 is 5.32 Å². The second-order valence-electron chi connectivity index (χ2n) is 7.40. The van der Waals surface area contributed by atoms with Crippen LogP contribution in [0.2, 0.25) is 10.0 Å². The molecule has 1 atom stereocenters. The summed E-state index contributed by atoms with van der Waals surface area (Å²) in [5, 5.41) is 3.01. The smallest absolute Gasteiger partial charge is 0.160 e. The molecule has 4 rings (SSSR count).